The first-order valence-corrected chi connectivity index (χ1v) is 5.25. The van der Waals surface area contributed by atoms with Gasteiger partial charge in [-0.2, -0.15) is 0 Å². The summed E-state index contributed by atoms with van der Waals surface area (Å²) in [6.45, 7) is 2.37. The number of nitrogens with one attached hydrogen (secondary N) is 1. The van der Waals surface area contributed by atoms with Crippen molar-refractivity contribution >= 4 is 23.2 Å². The number of amides is 1. The van der Waals surface area contributed by atoms with Crippen LogP contribution in [0, 0.1) is 0 Å². The molecule has 0 aliphatic carbocycles. The summed E-state index contributed by atoms with van der Waals surface area (Å²) in [7, 11) is 0. The van der Waals surface area contributed by atoms with E-state index in [-0.39, 0.29) is 12.3 Å². The van der Waals surface area contributed by atoms with E-state index in [2.05, 4.69) is 10.3 Å². The first-order chi connectivity index (χ1) is 7.27. The zero-order valence-electron chi connectivity index (χ0n) is 8.50. The molecule has 1 aromatic heterocycles. The topological polar surface area (TPSA) is 51.2 Å². The number of halogens is 1. The molecule has 15 heavy (non-hydrogen) atoms. The molecule has 1 rings (SSSR count). The minimum absolute atomic E-state index is 0.140. The highest BCUT2D eigenvalue weighted by molar-refractivity contribution is 6.19. The highest BCUT2D eigenvalue weighted by atomic mass is 35.5. The lowest BCUT2D eigenvalue weighted by Crippen LogP contribution is -2.13. The lowest BCUT2D eigenvalue weighted by molar-refractivity contribution is -0.115. The highest BCUT2D eigenvalue weighted by Gasteiger charge is 2.07. The van der Waals surface area contributed by atoms with Crippen LogP contribution in [-0.2, 0) is 4.79 Å². The Morgan fingerprint density at radius 2 is 2.47 bits per heavy atom. The van der Waals surface area contributed by atoms with Crippen LogP contribution in [0.25, 0.3) is 0 Å². The van der Waals surface area contributed by atoms with Gasteiger partial charge in [0.25, 0.3) is 0 Å². The van der Waals surface area contributed by atoms with Gasteiger partial charge in [0.2, 0.25) is 11.8 Å². The van der Waals surface area contributed by atoms with Crippen molar-refractivity contribution < 1.29 is 9.53 Å². The number of carbonyl (C=O) groups excluding carboxylic acids is 1. The summed E-state index contributed by atoms with van der Waals surface area (Å²) in [5.74, 6) is 0.595. The first kappa shape index (κ1) is 11.8. The van der Waals surface area contributed by atoms with Gasteiger partial charge in [0, 0.05) is 18.5 Å². The van der Waals surface area contributed by atoms with E-state index in [4.69, 9.17) is 16.3 Å². The summed E-state index contributed by atoms with van der Waals surface area (Å²) in [4.78, 5) is 15.3. The number of rotatable bonds is 5. The summed E-state index contributed by atoms with van der Waals surface area (Å²) in [5.41, 5.74) is 0.578. The fourth-order valence-electron chi connectivity index (χ4n) is 1.04. The number of hydrogen-bond acceptors (Lipinski definition) is 3. The standard InChI is InChI=1S/C10H13ClN2O2/c1-2-15-10-8(4-3-7-12-10)13-9(14)5-6-11/h3-4,7H,2,5-6H2,1H3,(H,13,14). The zero-order valence-corrected chi connectivity index (χ0v) is 9.25. The van der Waals surface area contributed by atoms with Gasteiger partial charge in [-0.3, -0.25) is 4.79 Å². The van der Waals surface area contributed by atoms with E-state index < -0.39 is 0 Å². The molecule has 0 aromatic carbocycles. The van der Waals surface area contributed by atoms with Crippen LogP contribution >= 0.6 is 11.6 Å². The Bertz CT molecular complexity index is 331. The Morgan fingerprint density at radius 3 is 3.13 bits per heavy atom. The molecule has 1 N–H and O–H groups in total. The van der Waals surface area contributed by atoms with Gasteiger partial charge in [-0.25, -0.2) is 4.98 Å². The number of pyridine rings is 1. The zero-order chi connectivity index (χ0) is 11.1. The summed E-state index contributed by atoms with van der Waals surface area (Å²) >= 11 is 5.46. The Hall–Kier alpha value is -1.29. The van der Waals surface area contributed by atoms with Gasteiger partial charge in [0.05, 0.1) is 6.61 Å². The predicted octanol–water partition coefficient (Wildman–Crippen LogP) is 2.05. The van der Waals surface area contributed by atoms with Gasteiger partial charge in [-0.05, 0) is 19.1 Å². The third kappa shape index (κ3) is 3.75. The predicted molar refractivity (Wildman–Crippen MR) is 59.4 cm³/mol. The van der Waals surface area contributed by atoms with Gasteiger partial charge in [-0.15, -0.1) is 11.6 Å². The molecule has 0 atom stereocenters. The molecular formula is C10H13ClN2O2. The van der Waals surface area contributed by atoms with Gasteiger partial charge < -0.3 is 10.1 Å². The average molecular weight is 229 g/mol. The Balaban J connectivity index is 2.70. The molecule has 4 nitrogen and oxygen atoms in total. The van der Waals surface area contributed by atoms with E-state index >= 15 is 0 Å². The lowest BCUT2D eigenvalue weighted by Gasteiger charge is -2.09. The highest BCUT2D eigenvalue weighted by Crippen LogP contribution is 2.20. The number of hydrogen-bond donors (Lipinski definition) is 1. The number of aromatic nitrogens is 1. The van der Waals surface area contributed by atoms with Gasteiger partial charge >= 0.3 is 0 Å². The van der Waals surface area contributed by atoms with Crippen LogP contribution in [0.5, 0.6) is 5.88 Å². The smallest absolute Gasteiger partial charge is 0.237 e. The third-order valence-corrected chi connectivity index (χ3v) is 1.84. The fourth-order valence-corrected chi connectivity index (χ4v) is 1.21. The van der Waals surface area contributed by atoms with Crippen LogP contribution in [0.15, 0.2) is 18.3 Å². The van der Waals surface area contributed by atoms with Crippen molar-refractivity contribution in [3.8, 4) is 5.88 Å². The monoisotopic (exact) mass is 228 g/mol. The van der Waals surface area contributed by atoms with E-state index in [9.17, 15) is 4.79 Å². The van der Waals surface area contributed by atoms with Crippen LogP contribution < -0.4 is 10.1 Å². The average Bonchev–Trinajstić information content (AvgIpc) is 2.21. The van der Waals surface area contributed by atoms with Crippen molar-refractivity contribution in [2.75, 3.05) is 17.8 Å². The van der Waals surface area contributed by atoms with Crippen LogP contribution in [0.3, 0.4) is 0 Å². The molecular weight excluding hydrogens is 216 g/mol. The van der Waals surface area contributed by atoms with Crippen LogP contribution in [0.2, 0.25) is 0 Å². The summed E-state index contributed by atoms with van der Waals surface area (Å²) in [5, 5.41) is 2.69. The SMILES string of the molecule is CCOc1ncccc1NC(=O)CCCl. The maximum absolute atomic E-state index is 11.3. The largest absolute Gasteiger partial charge is 0.476 e. The molecule has 5 heteroatoms. The van der Waals surface area contributed by atoms with Gasteiger partial charge in [0.15, 0.2) is 0 Å². The number of alkyl halides is 1. The minimum atomic E-state index is -0.140. The first-order valence-electron chi connectivity index (χ1n) is 4.71. The fraction of sp³-hybridized carbons (Fsp3) is 0.400. The summed E-state index contributed by atoms with van der Waals surface area (Å²) in [6.07, 6.45) is 1.89. The van der Waals surface area contributed by atoms with Crippen LogP contribution in [-0.4, -0.2) is 23.4 Å². The molecule has 0 fully saturated rings. The molecule has 1 heterocycles. The maximum Gasteiger partial charge on any atom is 0.237 e. The second kappa shape index (κ2) is 6.24. The second-order valence-electron chi connectivity index (χ2n) is 2.78. The van der Waals surface area contributed by atoms with Crippen molar-refractivity contribution in [3.63, 3.8) is 0 Å². The van der Waals surface area contributed by atoms with E-state index in [0.29, 0.717) is 24.1 Å². The van der Waals surface area contributed by atoms with Crippen LogP contribution in [0.1, 0.15) is 13.3 Å². The number of anilines is 1. The van der Waals surface area contributed by atoms with E-state index in [0.717, 1.165) is 0 Å². The molecule has 0 aliphatic rings. The van der Waals surface area contributed by atoms with Gasteiger partial charge in [0.1, 0.15) is 5.69 Å². The third-order valence-electron chi connectivity index (χ3n) is 1.65. The molecule has 0 saturated carbocycles. The molecule has 0 unspecified atom stereocenters. The van der Waals surface area contributed by atoms with E-state index in [1.807, 2.05) is 6.92 Å². The molecule has 0 radical (unpaired) electrons. The number of nitrogens with zero attached hydrogens (tertiary/aromatic N) is 1. The Morgan fingerprint density at radius 1 is 1.67 bits per heavy atom. The van der Waals surface area contributed by atoms with E-state index in [1.165, 1.54) is 0 Å². The molecule has 0 aliphatic heterocycles. The second-order valence-corrected chi connectivity index (χ2v) is 3.15. The molecule has 1 aromatic rings. The van der Waals surface area contributed by atoms with Crippen molar-refractivity contribution in [2.24, 2.45) is 0 Å². The Kier molecular flexibility index (Phi) is 4.90. The molecule has 82 valence electrons. The summed E-state index contributed by atoms with van der Waals surface area (Å²) < 4.78 is 5.26. The van der Waals surface area contributed by atoms with Crippen molar-refractivity contribution in [3.05, 3.63) is 18.3 Å². The van der Waals surface area contributed by atoms with Crippen LogP contribution in [0.4, 0.5) is 5.69 Å². The lowest BCUT2D eigenvalue weighted by atomic mass is 10.3. The Labute approximate surface area is 93.6 Å². The molecule has 1 amide bonds. The summed E-state index contributed by atoms with van der Waals surface area (Å²) in [6, 6.07) is 3.48. The minimum Gasteiger partial charge on any atom is -0.476 e. The molecule has 0 saturated heterocycles. The van der Waals surface area contributed by atoms with Crippen molar-refractivity contribution in [2.45, 2.75) is 13.3 Å². The number of carbonyl (C=O) groups is 1. The maximum atomic E-state index is 11.3. The number of ether oxygens (including phenoxy) is 1. The van der Waals surface area contributed by atoms with Gasteiger partial charge in [-0.1, -0.05) is 0 Å². The molecule has 0 spiro atoms. The normalized spacial score (nSPS) is 9.73. The van der Waals surface area contributed by atoms with E-state index in [1.54, 1.807) is 18.3 Å². The molecule has 0 bridgehead atoms. The van der Waals surface area contributed by atoms with Crippen molar-refractivity contribution in [1.29, 1.82) is 0 Å². The quantitative estimate of drug-likeness (QED) is 0.785. The van der Waals surface area contributed by atoms with Crippen molar-refractivity contribution in [1.82, 2.24) is 4.98 Å².